The van der Waals surface area contributed by atoms with E-state index >= 15 is 0 Å². The van der Waals surface area contributed by atoms with Crippen molar-refractivity contribution in [2.75, 3.05) is 66.0 Å². The molecule has 2 heterocycles. The molecule has 5 nitrogen and oxygen atoms in total. The highest BCUT2D eigenvalue weighted by Gasteiger charge is 2.26. The molecule has 0 bridgehead atoms. The van der Waals surface area contributed by atoms with Crippen molar-refractivity contribution >= 4 is 5.96 Å². The molecule has 0 amide bonds. The van der Waals surface area contributed by atoms with E-state index in [1.54, 1.807) is 0 Å². The summed E-state index contributed by atoms with van der Waals surface area (Å²) in [4.78, 5) is 12.1. The molecule has 2 saturated heterocycles. The quantitative estimate of drug-likeness (QED) is 0.615. The lowest BCUT2D eigenvalue weighted by molar-refractivity contribution is 0.124. The highest BCUT2D eigenvalue weighted by molar-refractivity contribution is 5.80. The van der Waals surface area contributed by atoms with E-state index in [-0.39, 0.29) is 0 Å². The fourth-order valence-corrected chi connectivity index (χ4v) is 4.34. The van der Waals surface area contributed by atoms with Crippen LogP contribution in [-0.4, -0.2) is 86.6 Å². The first-order valence-corrected chi connectivity index (χ1v) is 10.6. The number of piperazine rings is 1. The van der Waals surface area contributed by atoms with Crippen LogP contribution in [0.2, 0.25) is 0 Å². The predicted octanol–water partition coefficient (Wildman–Crippen LogP) is 2.32. The zero-order chi connectivity index (χ0) is 19.1. The number of hydrogen-bond acceptors (Lipinski definition) is 3. The van der Waals surface area contributed by atoms with Gasteiger partial charge in [-0.25, -0.2) is 0 Å². The summed E-state index contributed by atoms with van der Waals surface area (Å²) in [6.45, 7) is 15.0. The van der Waals surface area contributed by atoms with E-state index < -0.39 is 0 Å². The Labute approximate surface area is 165 Å². The van der Waals surface area contributed by atoms with Crippen molar-refractivity contribution in [1.82, 2.24) is 20.0 Å². The van der Waals surface area contributed by atoms with E-state index in [0.717, 1.165) is 25.6 Å². The van der Waals surface area contributed by atoms with Gasteiger partial charge in [-0.3, -0.25) is 4.99 Å². The fourth-order valence-electron chi connectivity index (χ4n) is 4.34. The van der Waals surface area contributed by atoms with Crippen molar-refractivity contribution in [3.05, 3.63) is 35.9 Å². The summed E-state index contributed by atoms with van der Waals surface area (Å²) in [5.74, 6) is 2.32. The standard InChI is InChI=1S/C22H37N5/c1-4-25-12-14-26(15-13-25)17-19(2)16-24-22(23-3)27-11-10-21(18-27)20-8-6-5-7-9-20/h5-9,19,21H,4,10-18H2,1-3H3,(H,23,24). The highest BCUT2D eigenvalue weighted by Crippen LogP contribution is 2.26. The zero-order valence-corrected chi connectivity index (χ0v) is 17.4. The van der Waals surface area contributed by atoms with Gasteiger partial charge >= 0.3 is 0 Å². The average molecular weight is 372 g/mol. The molecule has 2 fully saturated rings. The van der Waals surface area contributed by atoms with Crippen LogP contribution in [0.5, 0.6) is 0 Å². The lowest BCUT2D eigenvalue weighted by Crippen LogP contribution is -2.48. The van der Waals surface area contributed by atoms with Crippen molar-refractivity contribution in [3.8, 4) is 0 Å². The second-order valence-electron chi connectivity index (χ2n) is 8.11. The van der Waals surface area contributed by atoms with Crippen LogP contribution < -0.4 is 5.32 Å². The van der Waals surface area contributed by atoms with E-state index in [1.165, 1.54) is 51.3 Å². The van der Waals surface area contributed by atoms with Gasteiger partial charge in [0.25, 0.3) is 0 Å². The molecule has 0 saturated carbocycles. The van der Waals surface area contributed by atoms with Crippen molar-refractivity contribution in [1.29, 1.82) is 0 Å². The molecule has 2 unspecified atom stereocenters. The van der Waals surface area contributed by atoms with Gasteiger partial charge < -0.3 is 20.0 Å². The minimum Gasteiger partial charge on any atom is -0.356 e. The van der Waals surface area contributed by atoms with Crippen molar-refractivity contribution in [2.45, 2.75) is 26.2 Å². The second-order valence-corrected chi connectivity index (χ2v) is 8.11. The molecule has 2 aliphatic rings. The normalized spacial score (nSPS) is 23.6. The smallest absolute Gasteiger partial charge is 0.193 e. The topological polar surface area (TPSA) is 34.1 Å². The Hall–Kier alpha value is -1.59. The molecule has 1 aromatic rings. The molecular formula is C22H37N5. The van der Waals surface area contributed by atoms with Crippen molar-refractivity contribution < 1.29 is 0 Å². The molecule has 0 aromatic heterocycles. The minimum absolute atomic E-state index is 0.622. The van der Waals surface area contributed by atoms with Gasteiger partial charge in [-0.2, -0.15) is 0 Å². The number of nitrogens with one attached hydrogen (secondary N) is 1. The third-order valence-electron chi connectivity index (χ3n) is 6.06. The number of likely N-dealkylation sites (tertiary alicyclic amines) is 1. The Morgan fingerprint density at radius 3 is 2.48 bits per heavy atom. The lowest BCUT2D eigenvalue weighted by Gasteiger charge is -2.35. The number of nitrogens with zero attached hydrogens (tertiary/aromatic N) is 4. The molecule has 2 atom stereocenters. The molecule has 1 N–H and O–H groups in total. The summed E-state index contributed by atoms with van der Waals surface area (Å²) >= 11 is 0. The van der Waals surface area contributed by atoms with E-state index in [9.17, 15) is 0 Å². The summed E-state index contributed by atoms with van der Waals surface area (Å²) in [5.41, 5.74) is 1.45. The maximum Gasteiger partial charge on any atom is 0.193 e. The van der Waals surface area contributed by atoms with Crippen LogP contribution in [0.25, 0.3) is 0 Å². The third kappa shape index (κ3) is 5.69. The van der Waals surface area contributed by atoms with Crippen LogP contribution in [0.3, 0.4) is 0 Å². The van der Waals surface area contributed by atoms with Crippen LogP contribution in [0.15, 0.2) is 35.3 Å². The Balaban J connectivity index is 1.41. The molecule has 0 spiro atoms. The van der Waals surface area contributed by atoms with Crippen LogP contribution >= 0.6 is 0 Å². The van der Waals surface area contributed by atoms with Gasteiger partial charge in [0.05, 0.1) is 0 Å². The van der Waals surface area contributed by atoms with Gasteiger partial charge in [0.15, 0.2) is 5.96 Å². The van der Waals surface area contributed by atoms with Crippen LogP contribution in [0.1, 0.15) is 31.7 Å². The van der Waals surface area contributed by atoms with E-state index in [1.807, 2.05) is 7.05 Å². The monoisotopic (exact) mass is 371 g/mol. The molecular weight excluding hydrogens is 334 g/mol. The van der Waals surface area contributed by atoms with Gasteiger partial charge in [-0.1, -0.05) is 44.2 Å². The molecule has 0 aliphatic carbocycles. The third-order valence-corrected chi connectivity index (χ3v) is 6.06. The molecule has 5 heteroatoms. The Bertz CT molecular complexity index is 580. The first kappa shape index (κ1) is 20.2. The Morgan fingerprint density at radius 2 is 1.81 bits per heavy atom. The van der Waals surface area contributed by atoms with Crippen molar-refractivity contribution in [3.63, 3.8) is 0 Å². The largest absolute Gasteiger partial charge is 0.356 e. The van der Waals surface area contributed by atoms with Crippen LogP contribution in [-0.2, 0) is 0 Å². The molecule has 3 rings (SSSR count). The summed E-state index contributed by atoms with van der Waals surface area (Å²) in [7, 11) is 1.91. The van der Waals surface area contributed by atoms with Crippen LogP contribution in [0, 0.1) is 5.92 Å². The lowest BCUT2D eigenvalue weighted by atomic mass is 9.99. The fraction of sp³-hybridized carbons (Fsp3) is 0.682. The van der Waals surface area contributed by atoms with E-state index in [2.05, 4.69) is 69.2 Å². The van der Waals surface area contributed by atoms with Gasteiger partial charge in [0.1, 0.15) is 0 Å². The van der Waals surface area contributed by atoms with Gasteiger partial charge in [0, 0.05) is 65.3 Å². The molecule has 0 radical (unpaired) electrons. The van der Waals surface area contributed by atoms with Gasteiger partial charge in [-0.15, -0.1) is 0 Å². The number of benzene rings is 1. The number of guanidine groups is 1. The maximum atomic E-state index is 4.55. The average Bonchev–Trinajstić information content (AvgIpc) is 3.20. The molecule has 150 valence electrons. The predicted molar refractivity (Wildman–Crippen MR) is 114 cm³/mol. The molecule has 1 aromatic carbocycles. The van der Waals surface area contributed by atoms with Crippen LogP contribution in [0.4, 0.5) is 0 Å². The van der Waals surface area contributed by atoms with Gasteiger partial charge in [0.2, 0.25) is 0 Å². The number of aliphatic imine (C=N–C) groups is 1. The first-order valence-electron chi connectivity index (χ1n) is 10.6. The zero-order valence-electron chi connectivity index (χ0n) is 17.4. The second kappa shape index (κ2) is 10.1. The Morgan fingerprint density at radius 1 is 1.11 bits per heavy atom. The molecule has 27 heavy (non-hydrogen) atoms. The summed E-state index contributed by atoms with van der Waals surface area (Å²) in [5, 5.41) is 3.63. The van der Waals surface area contributed by atoms with Gasteiger partial charge in [-0.05, 0) is 24.4 Å². The number of likely N-dealkylation sites (N-methyl/N-ethyl adjacent to an activating group) is 1. The number of hydrogen-bond donors (Lipinski definition) is 1. The maximum absolute atomic E-state index is 4.55. The minimum atomic E-state index is 0.622. The summed E-state index contributed by atoms with van der Waals surface area (Å²) in [6.07, 6.45) is 1.21. The number of rotatable bonds is 6. The van der Waals surface area contributed by atoms with E-state index in [4.69, 9.17) is 0 Å². The summed E-state index contributed by atoms with van der Waals surface area (Å²) in [6, 6.07) is 10.9. The molecule has 2 aliphatic heterocycles. The summed E-state index contributed by atoms with van der Waals surface area (Å²) < 4.78 is 0. The Kier molecular flexibility index (Phi) is 7.53. The SMILES string of the molecule is CCN1CCN(CC(C)CNC(=NC)N2CCC(c3ccccc3)C2)CC1. The van der Waals surface area contributed by atoms with Crippen molar-refractivity contribution in [2.24, 2.45) is 10.9 Å². The van der Waals surface area contributed by atoms with E-state index in [0.29, 0.717) is 11.8 Å². The highest BCUT2D eigenvalue weighted by atomic mass is 15.3. The first-order chi connectivity index (χ1) is 13.2.